The smallest absolute Gasteiger partial charge is 0.267 e. The van der Waals surface area contributed by atoms with Crippen molar-refractivity contribution < 1.29 is 9.53 Å². The summed E-state index contributed by atoms with van der Waals surface area (Å²) >= 11 is 6.78. The van der Waals surface area contributed by atoms with Crippen LogP contribution in [0.1, 0.15) is 36.1 Å². The number of hydrogen-bond acceptors (Lipinski definition) is 7. The number of ether oxygens (including phenoxy) is 1. The Bertz CT molecular complexity index is 1440. The van der Waals surface area contributed by atoms with Crippen LogP contribution in [0.4, 0.5) is 5.82 Å². The van der Waals surface area contributed by atoms with E-state index in [9.17, 15) is 9.59 Å². The summed E-state index contributed by atoms with van der Waals surface area (Å²) < 4.78 is 7.94. The number of aryl methyl sites for hydroxylation is 2. The zero-order chi connectivity index (χ0) is 25.6. The average molecular weight is 521 g/mol. The summed E-state index contributed by atoms with van der Waals surface area (Å²) in [4.78, 5) is 36.2. The third kappa shape index (κ3) is 4.70. The number of nitrogens with zero attached hydrogens (tertiary/aromatic N) is 4. The SMILES string of the molecule is Cc1ccc(CN2C(=O)/C(=C\c3c(N4CC(C)OC(C)C4)nc4c(C)cccn4c3=O)SC2=S)cc1. The molecule has 1 amide bonds. The molecule has 0 saturated carbocycles. The monoisotopic (exact) mass is 520 g/mol. The lowest BCUT2D eigenvalue weighted by Gasteiger charge is -2.36. The molecule has 4 heterocycles. The van der Waals surface area contributed by atoms with E-state index in [0.717, 1.165) is 16.7 Å². The average Bonchev–Trinajstić information content (AvgIpc) is 3.09. The quantitative estimate of drug-likeness (QED) is 0.375. The number of thioether (sulfide) groups is 1. The molecular formula is C27H28N4O3S2. The summed E-state index contributed by atoms with van der Waals surface area (Å²) in [5.74, 6) is 0.370. The molecule has 36 heavy (non-hydrogen) atoms. The lowest BCUT2D eigenvalue weighted by atomic mass is 10.1. The van der Waals surface area contributed by atoms with Gasteiger partial charge in [-0.25, -0.2) is 4.98 Å². The number of benzene rings is 1. The number of pyridine rings is 1. The molecule has 2 atom stereocenters. The van der Waals surface area contributed by atoms with Gasteiger partial charge in [0.2, 0.25) is 0 Å². The maximum atomic E-state index is 13.7. The summed E-state index contributed by atoms with van der Waals surface area (Å²) in [6.07, 6.45) is 3.36. The number of aromatic nitrogens is 2. The summed E-state index contributed by atoms with van der Waals surface area (Å²) in [5, 5.41) is 0. The zero-order valence-corrected chi connectivity index (χ0v) is 22.4. The predicted octanol–water partition coefficient (Wildman–Crippen LogP) is 4.33. The van der Waals surface area contributed by atoms with E-state index in [1.54, 1.807) is 21.6 Å². The van der Waals surface area contributed by atoms with Crippen LogP contribution in [-0.4, -0.2) is 49.8 Å². The van der Waals surface area contributed by atoms with Gasteiger partial charge in [0.1, 0.15) is 15.8 Å². The molecule has 0 radical (unpaired) electrons. The molecule has 3 aromatic rings. The molecule has 0 bridgehead atoms. The lowest BCUT2D eigenvalue weighted by molar-refractivity contribution is -0.122. The number of carbonyl (C=O) groups is 1. The zero-order valence-electron chi connectivity index (χ0n) is 20.7. The van der Waals surface area contributed by atoms with Crippen molar-refractivity contribution in [2.24, 2.45) is 0 Å². The van der Waals surface area contributed by atoms with Gasteiger partial charge in [0, 0.05) is 19.3 Å². The minimum Gasteiger partial charge on any atom is -0.372 e. The number of anilines is 1. The van der Waals surface area contributed by atoms with Crippen molar-refractivity contribution in [3.63, 3.8) is 0 Å². The number of morpholine rings is 1. The van der Waals surface area contributed by atoms with Crippen LogP contribution in [0, 0.1) is 13.8 Å². The summed E-state index contributed by atoms with van der Waals surface area (Å²) in [6, 6.07) is 11.8. The second-order valence-electron chi connectivity index (χ2n) is 9.45. The Hall–Kier alpha value is -3.01. The van der Waals surface area contributed by atoms with Crippen LogP contribution in [0.25, 0.3) is 11.7 Å². The first-order valence-electron chi connectivity index (χ1n) is 11.9. The Morgan fingerprint density at radius 3 is 2.50 bits per heavy atom. The molecule has 2 fully saturated rings. The van der Waals surface area contributed by atoms with Crippen molar-refractivity contribution >= 4 is 51.7 Å². The standard InChI is InChI=1S/C27H28N4O3S2/c1-16-7-9-20(10-8-16)15-31-26(33)22(36-27(31)35)12-21-24(29-13-18(3)34-19(4)14-29)28-23-17(2)6-5-11-30(23)25(21)32/h5-12,18-19H,13-15H2,1-4H3/b22-12+. The molecule has 2 saturated heterocycles. The number of hydrogen-bond donors (Lipinski definition) is 0. The first-order chi connectivity index (χ1) is 17.2. The van der Waals surface area contributed by atoms with E-state index in [1.165, 1.54) is 11.8 Å². The van der Waals surface area contributed by atoms with Gasteiger partial charge in [-0.2, -0.15) is 0 Å². The first kappa shape index (κ1) is 24.7. The van der Waals surface area contributed by atoms with E-state index < -0.39 is 0 Å². The molecule has 1 aromatic carbocycles. The minimum absolute atomic E-state index is 0.00792. The number of amides is 1. The van der Waals surface area contributed by atoms with E-state index in [1.807, 2.05) is 64.1 Å². The third-order valence-corrected chi connectivity index (χ3v) is 7.77. The van der Waals surface area contributed by atoms with E-state index >= 15 is 0 Å². The van der Waals surface area contributed by atoms with Crippen molar-refractivity contribution in [2.45, 2.75) is 46.4 Å². The van der Waals surface area contributed by atoms with Crippen molar-refractivity contribution in [3.05, 3.63) is 80.1 Å². The number of thiocarbonyl (C=S) groups is 1. The second kappa shape index (κ2) is 9.80. The summed E-state index contributed by atoms with van der Waals surface area (Å²) in [7, 11) is 0. The predicted molar refractivity (Wildman–Crippen MR) is 148 cm³/mol. The number of rotatable bonds is 4. The number of fused-ring (bicyclic) bond motifs is 1. The molecule has 186 valence electrons. The topological polar surface area (TPSA) is 67.2 Å². The fourth-order valence-corrected chi connectivity index (χ4v) is 5.90. The molecule has 0 spiro atoms. The normalized spacial score (nSPS) is 21.7. The van der Waals surface area contributed by atoms with Gasteiger partial charge >= 0.3 is 0 Å². The highest BCUT2D eigenvalue weighted by atomic mass is 32.2. The van der Waals surface area contributed by atoms with Gasteiger partial charge in [-0.05, 0) is 51.0 Å². The van der Waals surface area contributed by atoms with Crippen LogP contribution in [0.2, 0.25) is 0 Å². The molecule has 7 nitrogen and oxygen atoms in total. The van der Waals surface area contributed by atoms with Crippen LogP contribution < -0.4 is 10.5 Å². The molecule has 9 heteroatoms. The fraction of sp³-hybridized carbons (Fsp3) is 0.333. The van der Waals surface area contributed by atoms with E-state index in [-0.39, 0.29) is 23.7 Å². The minimum atomic E-state index is -0.214. The van der Waals surface area contributed by atoms with Gasteiger partial charge in [-0.3, -0.25) is 18.9 Å². The Labute approximate surface area is 219 Å². The molecule has 2 aromatic heterocycles. The second-order valence-corrected chi connectivity index (χ2v) is 11.1. The van der Waals surface area contributed by atoms with Crippen LogP contribution in [0.5, 0.6) is 0 Å². The van der Waals surface area contributed by atoms with Crippen LogP contribution >= 0.6 is 24.0 Å². The Balaban J connectivity index is 1.58. The van der Waals surface area contributed by atoms with Crippen molar-refractivity contribution in [3.8, 4) is 0 Å². The van der Waals surface area contributed by atoms with Crippen LogP contribution in [-0.2, 0) is 16.1 Å². The van der Waals surface area contributed by atoms with Gasteiger partial charge in [-0.1, -0.05) is 59.9 Å². The van der Waals surface area contributed by atoms with Crippen LogP contribution in [0.3, 0.4) is 0 Å². The van der Waals surface area contributed by atoms with E-state index in [4.69, 9.17) is 21.9 Å². The Morgan fingerprint density at radius 1 is 1.11 bits per heavy atom. The summed E-state index contributed by atoms with van der Waals surface area (Å²) in [5.41, 5.74) is 3.83. The highest BCUT2D eigenvalue weighted by Crippen LogP contribution is 2.35. The van der Waals surface area contributed by atoms with Gasteiger partial charge in [0.25, 0.3) is 11.5 Å². The third-order valence-electron chi connectivity index (χ3n) is 6.39. The first-order valence-corrected chi connectivity index (χ1v) is 13.2. The van der Waals surface area contributed by atoms with Gasteiger partial charge in [0.15, 0.2) is 0 Å². The summed E-state index contributed by atoms with van der Waals surface area (Å²) in [6.45, 7) is 9.59. The van der Waals surface area contributed by atoms with E-state index in [2.05, 4.69) is 4.90 Å². The lowest BCUT2D eigenvalue weighted by Crippen LogP contribution is -2.46. The highest BCUT2D eigenvalue weighted by molar-refractivity contribution is 8.26. The Kier molecular flexibility index (Phi) is 6.72. The van der Waals surface area contributed by atoms with Gasteiger partial charge in [-0.15, -0.1) is 0 Å². The van der Waals surface area contributed by atoms with Gasteiger partial charge < -0.3 is 9.64 Å². The maximum Gasteiger partial charge on any atom is 0.267 e. The number of carbonyl (C=O) groups excluding carboxylic acids is 1. The van der Waals surface area contributed by atoms with Crippen LogP contribution in [0.15, 0.2) is 52.3 Å². The molecule has 2 aliphatic rings. The molecule has 0 N–H and O–H groups in total. The van der Waals surface area contributed by atoms with Gasteiger partial charge in [0.05, 0.1) is 29.2 Å². The van der Waals surface area contributed by atoms with E-state index in [0.29, 0.717) is 45.9 Å². The largest absolute Gasteiger partial charge is 0.372 e. The fourth-order valence-electron chi connectivity index (χ4n) is 4.66. The molecule has 2 aliphatic heterocycles. The Morgan fingerprint density at radius 2 is 1.81 bits per heavy atom. The van der Waals surface area contributed by atoms with Crippen molar-refractivity contribution in [1.29, 1.82) is 0 Å². The highest BCUT2D eigenvalue weighted by Gasteiger charge is 2.33. The maximum absolute atomic E-state index is 13.7. The van der Waals surface area contributed by atoms with Crippen molar-refractivity contribution in [1.82, 2.24) is 14.3 Å². The molecule has 0 aliphatic carbocycles. The molecule has 5 rings (SSSR count). The molecule has 2 unspecified atom stereocenters. The van der Waals surface area contributed by atoms with Crippen molar-refractivity contribution in [2.75, 3.05) is 18.0 Å². The molecular weight excluding hydrogens is 492 g/mol.